The first kappa shape index (κ1) is 13.8. The second-order valence-electron chi connectivity index (χ2n) is 4.09. The number of rotatable bonds is 7. The Balaban J connectivity index is 2.85. The van der Waals surface area contributed by atoms with Gasteiger partial charge in [-0.3, -0.25) is 0 Å². The minimum absolute atomic E-state index is 0.240. The van der Waals surface area contributed by atoms with E-state index < -0.39 is 0 Å². The SMILES string of the molecule is CCNCc1cc(OC)ccc1OC(C)CC. The van der Waals surface area contributed by atoms with Crippen molar-refractivity contribution >= 4 is 0 Å². The molecule has 0 spiro atoms. The molecule has 0 saturated carbocycles. The summed E-state index contributed by atoms with van der Waals surface area (Å²) < 4.78 is 11.1. The highest BCUT2D eigenvalue weighted by molar-refractivity contribution is 5.40. The third-order valence-corrected chi connectivity index (χ3v) is 2.74. The number of benzene rings is 1. The minimum atomic E-state index is 0.240. The van der Waals surface area contributed by atoms with E-state index in [1.807, 2.05) is 18.2 Å². The fourth-order valence-electron chi connectivity index (χ4n) is 1.50. The van der Waals surface area contributed by atoms with Gasteiger partial charge in [0.1, 0.15) is 11.5 Å². The number of hydrogen-bond donors (Lipinski definition) is 1. The van der Waals surface area contributed by atoms with Gasteiger partial charge in [0.2, 0.25) is 0 Å². The summed E-state index contributed by atoms with van der Waals surface area (Å²) in [7, 11) is 1.68. The molecule has 17 heavy (non-hydrogen) atoms. The van der Waals surface area contributed by atoms with Crippen LogP contribution in [0.5, 0.6) is 11.5 Å². The van der Waals surface area contributed by atoms with Gasteiger partial charge in [-0.1, -0.05) is 13.8 Å². The van der Waals surface area contributed by atoms with Crippen molar-refractivity contribution in [3.8, 4) is 11.5 Å². The molecule has 0 radical (unpaired) electrons. The largest absolute Gasteiger partial charge is 0.497 e. The summed E-state index contributed by atoms with van der Waals surface area (Å²) in [5, 5.41) is 3.31. The van der Waals surface area contributed by atoms with Crippen molar-refractivity contribution in [2.24, 2.45) is 0 Å². The first-order valence-corrected chi connectivity index (χ1v) is 6.25. The number of hydrogen-bond acceptors (Lipinski definition) is 3. The molecule has 0 bridgehead atoms. The average molecular weight is 237 g/mol. The van der Waals surface area contributed by atoms with Crippen LogP contribution in [0.25, 0.3) is 0 Å². The van der Waals surface area contributed by atoms with Crippen LogP contribution in [0, 0.1) is 0 Å². The van der Waals surface area contributed by atoms with Gasteiger partial charge in [-0.05, 0) is 38.1 Å². The summed E-state index contributed by atoms with van der Waals surface area (Å²) in [6.45, 7) is 8.05. The summed E-state index contributed by atoms with van der Waals surface area (Å²) in [5.41, 5.74) is 1.14. The van der Waals surface area contributed by atoms with Crippen molar-refractivity contribution in [1.29, 1.82) is 0 Å². The van der Waals surface area contributed by atoms with Crippen molar-refractivity contribution in [3.05, 3.63) is 23.8 Å². The van der Waals surface area contributed by atoms with Gasteiger partial charge >= 0.3 is 0 Å². The molecule has 0 aliphatic carbocycles. The molecule has 1 atom stereocenters. The van der Waals surface area contributed by atoms with Crippen LogP contribution in [0.1, 0.15) is 32.8 Å². The van der Waals surface area contributed by atoms with Crippen LogP contribution >= 0.6 is 0 Å². The Morgan fingerprint density at radius 2 is 2.06 bits per heavy atom. The summed E-state index contributed by atoms with van der Waals surface area (Å²) in [4.78, 5) is 0. The Morgan fingerprint density at radius 1 is 1.29 bits per heavy atom. The second kappa shape index (κ2) is 7.17. The molecule has 0 aliphatic heterocycles. The molecule has 3 heteroatoms. The van der Waals surface area contributed by atoms with E-state index in [0.717, 1.165) is 36.6 Å². The standard InChI is InChI=1S/C14H23NO2/c1-5-11(3)17-14-8-7-13(16-4)9-12(14)10-15-6-2/h7-9,11,15H,5-6,10H2,1-4H3. The fraction of sp³-hybridized carbons (Fsp3) is 0.571. The second-order valence-corrected chi connectivity index (χ2v) is 4.09. The number of nitrogens with one attached hydrogen (secondary N) is 1. The monoisotopic (exact) mass is 237 g/mol. The molecular formula is C14H23NO2. The van der Waals surface area contributed by atoms with E-state index in [9.17, 15) is 0 Å². The quantitative estimate of drug-likeness (QED) is 0.791. The highest BCUT2D eigenvalue weighted by Crippen LogP contribution is 2.25. The minimum Gasteiger partial charge on any atom is -0.497 e. The van der Waals surface area contributed by atoms with Gasteiger partial charge in [0.05, 0.1) is 13.2 Å². The molecule has 1 rings (SSSR count). The maximum Gasteiger partial charge on any atom is 0.124 e. The zero-order valence-electron chi connectivity index (χ0n) is 11.2. The summed E-state index contributed by atoms with van der Waals surface area (Å²) in [5.74, 6) is 1.82. The first-order valence-electron chi connectivity index (χ1n) is 6.25. The van der Waals surface area contributed by atoms with E-state index in [2.05, 4.69) is 26.1 Å². The van der Waals surface area contributed by atoms with Crippen molar-refractivity contribution in [3.63, 3.8) is 0 Å². The predicted molar refractivity (Wildman–Crippen MR) is 70.8 cm³/mol. The molecule has 0 aliphatic rings. The summed E-state index contributed by atoms with van der Waals surface area (Å²) >= 11 is 0. The smallest absolute Gasteiger partial charge is 0.124 e. The lowest BCUT2D eigenvalue weighted by Gasteiger charge is -2.17. The topological polar surface area (TPSA) is 30.5 Å². The van der Waals surface area contributed by atoms with Crippen LogP contribution in [-0.2, 0) is 6.54 Å². The van der Waals surface area contributed by atoms with Gasteiger partial charge in [-0.15, -0.1) is 0 Å². The third-order valence-electron chi connectivity index (χ3n) is 2.74. The molecule has 1 aromatic carbocycles. The normalized spacial score (nSPS) is 12.2. The van der Waals surface area contributed by atoms with Crippen molar-refractivity contribution in [2.75, 3.05) is 13.7 Å². The zero-order chi connectivity index (χ0) is 12.7. The van der Waals surface area contributed by atoms with Gasteiger partial charge in [-0.25, -0.2) is 0 Å². The number of ether oxygens (including phenoxy) is 2. The molecule has 0 aromatic heterocycles. The maximum atomic E-state index is 5.90. The molecule has 0 amide bonds. The molecule has 0 saturated heterocycles. The van der Waals surface area contributed by atoms with Crippen molar-refractivity contribution in [1.82, 2.24) is 5.32 Å². The van der Waals surface area contributed by atoms with Gasteiger partial charge in [-0.2, -0.15) is 0 Å². The molecule has 1 N–H and O–H groups in total. The highest BCUT2D eigenvalue weighted by Gasteiger charge is 2.08. The summed E-state index contributed by atoms with van der Waals surface area (Å²) in [6, 6.07) is 5.95. The van der Waals surface area contributed by atoms with E-state index in [-0.39, 0.29) is 6.10 Å². The zero-order valence-corrected chi connectivity index (χ0v) is 11.2. The van der Waals surface area contributed by atoms with E-state index in [1.165, 1.54) is 0 Å². The highest BCUT2D eigenvalue weighted by atomic mass is 16.5. The first-order chi connectivity index (χ1) is 8.21. The summed E-state index contributed by atoms with van der Waals surface area (Å²) in [6.07, 6.45) is 1.25. The van der Waals surface area contributed by atoms with E-state index in [4.69, 9.17) is 9.47 Å². The molecule has 3 nitrogen and oxygen atoms in total. The van der Waals surface area contributed by atoms with E-state index in [1.54, 1.807) is 7.11 Å². The van der Waals surface area contributed by atoms with Crippen LogP contribution in [-0.4, -0.2) is 19.8 Å². The van der Waals surface area contributed by atoms with E-state index in [0.29, 0.717) is 0 Å². The van der Waals surface area contributed by atoms with Gasteiger partial charge in [0.25, 0.3) is 0 Å². The van der Waals surface area contributed by atoms with Crippen LogP contribution < -0.4 is 14.8 Å². The lowest BCUT2D eigenvalue weighted by atomic mass is 10.1. The number of methoxy groups -OCH3 is 1. The van der Waals surface area contributed by atoms with Crippen LogP contribution in [0.3, 0.4) is 0 Å². The fourth-order valence-corrected chi connectivity index (χ4v) is 1.50. The van der Waals surface area contributed by atoms with Crippen LogP contribution in [0.4, 0.5) is 0 Å². The van der Waals surface area contributed by atoms with Gasteiger partial charge < -0.3 is 14.8 Å². The Labute approximate surface area is 104 Å². The van der Waals surface area contributed by atoms with Crippen molar-refractivity contribution in [2.45, 2.75) is 39.8 Å². The van der Waals surface area contributed by atoms with Crippen LogP contribution in [0.15, 0.2) is 18.2 Å². The maximum absolute atomic E-state index is 5.90. The molecule has 0 heterocycles. The molecular weight excluding hydrogens is 214 g/mol. The Morgan fingerprint density at radius 3 is 2.65 bits per heavy atom. The Kier molecular flexibility index (Phi) is 5.84. The Hall–Kier alpha value is -1.22. The Bertz CT molecular complexity index is 339. The third kappa shape index (κ3) is 4.27. The molecule has 0 fully saturated rings. The van der Waals surface area contributed by atoms with Crippen molar-refractivity contribution < 1.29 is 9.47 Å². The van der Waals surface area contributed by atoms with Gasteiger partial charge in [0, 0.05) is 12.1 Å². The predicted octanol–water partition coefficient (Wildman–Crippen LogP) is 2.98. The lowest BCUT2D eigenvalue weighted by Crippen LogP contribution is -2.15. The van der Waals surface area contributed by atoms with Gasteiger partial charge in [0.15, 0.2) is 0 Å². The van der Waals surface area contributed by atoms with E-state index >= 15 is 0 Å². The average Bonchev–Trinajstić information content (AvgIpc) is 2.37. The molecule has 1 aromatic rings. The molecule has 1 unspecified atom stereocenters. The molecule has 96 valence electrons. The van der Waals surface area contributed by atoms with Crippen LogP contribution in [0.2, 0.25) is 0 Å². The lowest BCUT2D eigenvalue weighted by molar-refractivity contribution is 0.214.